The molecule has 4 heteroatoms. The Morgan fingerprint density at radius 2 is 1.81 bits per heavy atom. The number of benzene rings is 1. The number of carbonyl (C=O) groups excluding carboxylic acids is 1. The van der Waals surface area contributed by atoms with Crippen LogP contribution in [0.5, 0.6) is 0 Å². The Morgan fingerprint density at radius 1 is 1.09 bits per heavy atom. The maximum Gasteiger partial charge on any atom is 0.259 e. The number of amides is 1. The molecule has 1 unspecified atom stereocenters. The molecule has 1 aromatic rings. The summed E-state index contributed by atoms with van der Waals surface area (Å²) in [5.74, 6) is 1.81. The van der Waals surface area contributed by atoms with Crippen LogP contribution in [-0.2, 0) is 23.2 Å². The highest BCUT2D eigenvalue weighted by Crippen LogP contribution is 2.61. The number of hydrogen-bond donors (Lipinski definition) is 1. The van der Waals surface area contributed by atoms with Crippen molar-refractivity contribution in [3.63, 3.8) is 0 Å². The lowest BCUT2D eigenvalue weighted by molar-refractivity contribution is -0.138. The Morgan fingerprint density at radius 3 is 2.44 bits per heavy atom. The van der Waals surface area contributed by atoms with Crippen LogP contribution < -0.4 is 5.32 Å². The Bertz CT molecular complexity index is 895. The summed E-state index contributed by atoms with van der Waals surface area (Å²) in [5, 5.41) is 4.33. The van der Waals surface area contributed by atoms with E-state index in [4.69, 9.17) is 12.2 Å². The largest absolute Gasteiger partial charge is 0.344 e. The van der Waals surface area contributed by atoms with E-state index in [1.54, 1.807) is 0 Å². The Hall–Kier alpha value is -1.42. The Balaban J connectivity index is 1.56. The van der Waals surface area contributed by atoms with Crippen LogP contribution in [0.4, 0.5) is 0 Å². The first kappa shape index (κ1) is 22.4. The van der Waals surface area contributed by atoms with Crippen molar-refractivity contribution in [1.82, 2.24) is 10.2 Å². The summed E-state index contributed by atoms with van der Waals surface area (Å²) >= 11 is 5.79. The molecule has 1 saturated heterocycles. The summed E-state index contributed by atoms with van der Waals surface area (Å²) < 4.78 is 0. The number of nitrogens with one attached hydrogen (secondary N) is 1. The van der Waals surface area contributed by atoms with Gasteiger partial charge in [-0.05, 0) is 93.1 Å². The highest BCUT2D eigenvalue weighted by molar-refractivity contribution is 7.80. The first-order valence-electron chi connectivity index (χ1n) is 13.2. The zero-order valence-corrected chi connectivity index (χ0v) is 21.0. The molecule has 4 aliphatic rings. The van der Waals surface area contributed by atoms with Gasteiger partial charge in [-0.25, -0.2) is 0 Å². The fraction of sp³-hybridized carbons (Fsp3) is 0.714. The third-order valence-corrected chi connectivity index (χ3v) is 9.66. The molecule has 2 saturated carbocycles. The standard InChI is InChI=1S/C28H40N2OS/c1-4-20-12-14-27(15-13-20)18-23-11-10-22(16-21-8-6-5-7-9-21)17-24(23)28(27)25(31)30(19(2)3)26(32)29-28/h10-11,17,19-21H,4-9,12-16,18H2,1-3H3,(H,29,32). The van der Waals surface area contributed by atoms with Crippen molar-refractivity contribution in [3.05, 3.63) is 34.9 Å². The molecule has 5 rings (SSSR count). The molecule has 1 N–H and O–H groups in total. The average molecular weight is 453 g/mol. The number of thiocarbonyl (C=S) groups is 1. The first-order chi connectivity index (χ1) is 15.4. The van der Waals surface area contributed by atoms with Gasteiger partial charge in [0.15, 0.2) is 10.7 Å². The molecular formula is C28H40N2OS. The van der Waals surface area contributed by atoms with Gasteiger partial charge in [-0.2, -0.15) is 0 Å². The van der Waals surface area contributed by atoms with Crippen molar-refractivity contribution in [1.29, 1.82) is 0 Å². The number of carbonyl (C=O) groups is 1. The van der Waals surface area contributed by atoms with Gasteiger partial charge in [0.1, 0.15) is 0 Å². The molecule has 0 aromatic heterocycles. The second-order valence-electron chi connectivity index (χ2n) is 11.5. The van der Waals surface area contributed by atoms with Crippen molar-refractivity contribution in [2.24, 2.45) is 17.3 Å². The SMILES string of the molecule is CCC1CCC2(CC1)Cc1ccc(CC3CCCCC3)cc1C21NC(=S)N(C(C)C)C1=O. The van der Waals surface area contributed by atoms with Gasteiger partial charge >= 0.3 is 0 Å². The minimum absolute atomic E-state index is 0.0464. The van der Waals surface area contributed by atoms with Crippen LogP contribution in [0, 0.1) is 17.3 Å². The summed E-state index contributed by atoms with van der Waals surface area (Å²) in [6.45, 7) is 6.48. The molecule has 32 heavy (non-hydrogen) atoms. The molecule has 0 radical (unpaired) electrons. The lowest BCUT2D eigenvalue weighted by Gasteiger charge is -2.47. The van der Waals surface area contributed by atoms with Crippen molar-refractivity contribution in [3.8, 4) is 0 Å². The predicted octanol–water partition coefficient (Wildman–Crippen LogP) is 6.27. The van der Waals surface area contributed by atoms with Crippen LogP contribution in [0.15, 0.2) is 18.2 Å². The van der Waals surface area contributed by atoms with Crippen molar-refractivity contribution in [2.75, 3.05) is 0 Å². The average Bonchev–Trinajstić information content (AvgIpc) is 3.21. The molecule has 3 aliphatic carbocycles. The van der Waals surface area contributed by atoms with Crippen LogP contribution in [0.1, 0.15) is 102 Å². The van der Waals surface area contributed by atoms with Gasteiger partial charge in [0.05, 0.1) is 0 Å². The van der Waals surface area contributed by atoms with Crippen molar-refractivity contribution < 1.29 is 4.79 Å². The summed E-state index contributed by atoms with van der Waals surface area (Å²) in [6.07, 6.45) is 15.0. The van der Waals surface area contributed by atoms with E-state index < -0.39 is 5.54 Å². The molecule has 0 bridgehead atoms. The number of rotatable bonds is 4. The minimum atomic E-state index is -0.662. The minimum Gasteiger partial charge on any atom is -0.344 e. The van der Waals surface area contributed by atoms with Crippen LogP contribution in [0.3, 0.4) is 0 Å². The third-order valence-electron chi connectivity index (χ3n) is 9.36. The maximum atomic E-state index is 14.2. The summed E-state index contributed by atoms with van der Waals surface area (Å²) in [6, 6.07) is 7.20. The molecule has 174 valence electrons. The van der Waals surface area contributed by atoms with Gasteiger partial charge in [-0.3, -0.25) is 9.69 Å². The summed E-state index contributed by atoms with van der Waals surface area (Å²) in [4.78, 5) is 16.1. The van der Waals surface area contributed by atoms with E-state index in [0.717, 1.165) is 37.5 Å². The van der Waals surface area contributed by atoms with E-state index in [9.17, 15) is 4.79 Å². The van der Waals surface area contributed by atoms with Gasteiger partial charge in [-0.1, -0.05) is 63.6 Å². The molecular weight excluding hydrogens is 412 g/mol. The lowest BCUT2D eigenvalue weighted by atomic mass is 9.59. The fourth-order valence-electron chi connectivity index (χ4n) is 7.51. The number of fused-ring (bicyclic) bond motifs is 3. The number of nitrogens with zero attached hydrogens (tertiary/aromatic N) is 1. The third kappa shape index (κ3) is 3.35. The second-order valence-corrected chi connectivity index (χ2v) is 11.8. The molecule has 1 aromatic carbocycles. The summed E-state index contributed by atoms with van der Waals surface area (Å²) in [5.41, 5.74) is 3.33. The molecule has 3 nitrogen and oxygen atoms in total. The molecule has 3 fully saturated rings. The van der Waals surface area contributed by atoms with Crippen LogP contribution in [0.25, 0.3) is 0 Å². The Labute approximate surface area is 199 Å². The predicted molar refractivity (Wildman–Crippen MR) is 135 cm³/mol. The maximum absolute atomic E-state index is 14.2. The van der Waals surface area contributed by atoms with Gasteiger partial charge in [0.25, 0.3) is 5.91 Å². The second kappa shape index (κ2) is 8.42. The number of hydrogen-bond acceptors (Lipinski definition) is 2. The van der Waals surface area contributed by atoms with Gasteiger partial charge in [0, 0.05) is 11.5 Å². The molecule has 1 amide bonds. The molecule has 2 spiro atoms. The van der Waals surface area contributed by atoms with Gasteiger partial charge < -0.3 is 5.32 Å². The molecule has 1 heterocycles. The van der Waals surface area contributed by atoms with Gasteiger partial charge in [-0.15, -0.1) is 0 Å². The van der Waals surface area contributed by atoms with E-state index >= 15 is 0 Å². The molecule has 1 aliphatic heterocycles. The lowest BCUT2D eigenvalue weighted by Crippen LogP contribution is -2.56. The van der Waals surface area contributed by atoms with Gasteiger partial charge in [0.2, 0.25) is 0 Å². The van der Waals surface area contributed by atoms with E-state index in [1.165, 1.54) is 68.1 Å². The zero-order chi connectivity index (χ0) is 22.5. The van der Waals surface area contributed by atoms with E-state index in [1.807, 2.05) is 4.90 Å². The fourth-order valence-corrected chi connectivity index (χ4v) is 7.96. The monoisotopic (exact) mass is 452 g/mol. The van der Waals surface area contributed by atoms with E-state index in [0.29, 0.717) is 5.11 Å². The zero-order valence-electron chi connectivity index (χ0n) is 20.2. The van der Waals surface area contributed by atoms with Crippen LogP contribution in [0.2, 0.25) is 0 Å². The topological polar surface area (TPSA) is 32.3 Å². The quantitative estimate of drug-likeness (QED) is 0.546. The highest BCUT2D eigenvalue weighted by Gasteiger charge is 2.67. The van der Waals surface area contributed by atoms with Crippen LogP contribution >= 0.6 is 12.2 Å². The summed E-state index contributed by atoms with van der Waals surface area (Å²) in [7, 11) is 0. The smallest absolute Gasteiger partial charge is 0.259 e. The van der Waals surface area contributed by atoms with Crippen LogP contribution in [-0.4, -0.2) is 22.0 Å². The highest BCUT2D eigenvalue weighted by atomic mass is 32.1. The van der Waals surface area contributed by atoms with Crippen molar-refractivity contribution >= 4 is 23.2 Å². The Kier molecular flexibility index (Phi) is 5.89. The first-order valence-corrected chi connectivity index (χ1v) is 13.6. The normalized spacial score (nSPS) is 32.9. The molecule has 1 atom stereocenters. The van der Waals surface area contributed by atoms with E-state index in [2.05, 4.69) is 44.3 Å². The van der Waals surface area contributed by atoms with E-state index in [-0.39, 0.29) is 17.4 Å². The van der Waals surface area contributed by atoms with Crippen molar-refractivity contribution in [2.45, 2.75) is 109 Å².